The lowest BCUT2D eigenvalue weighted by Gasteiger charge is -2.08. The summed E-state index contributed by atoms with van der Waals surface area (Å²) in [5.74, 6) is -0.290. The third-order valence-electron chi connectivity index (χ3n) is 2.36. The van der Waals surface area contributed by atoms with Crippen LogP contribution in [-0.4, -0.2) is 5.91 Å². The van der Waals surface area contributed by atoms with E-state index in [-0.39, 0.29) is 5.91 Å². The van der Waals surface area contributed by atoms with Crippen LogP contribution in [0.25, 0.3) is 0 Å². The lowest BCUT2D eigenvalue weighted by Crippen LogP contribution is -2.12. The van der Waals surface area contributed by atoms with Crippen molar-refractivity contribution in [3.63, 3.8) is 0 Å². The van der Waals surface area contributed by atoms with Crippen LogP contribution < -0.4 is 5.32 Å². The fourth-order valence-electron chi connectivity index (χ4n) is 1.43. The minimum Gasteiger partial charge on any atom is -0.321 e. The van der Waals surface area contributed by atoms with Crippen molar-refractivity contribution in [2.24, 2.45) is 0 Å². The molecule has 0 saturated carbocycles. The van der Waals surface area contributed by atoms with Gasteiger partial charge in [-0.2, -0.15) is 0 Å². The molecular weight excluding hydrogens is 372 g/mol. The van der Waals surface area contributed by atoms with Gasteiger partial charge in [0.2, 0.25) is 0 Å². The molecule has 2 aromatic carbocycles. The highest BCUT2D eigenvalue weighted by Gasteiger charge is 2.10. The van der Waals surface area contributed by atoms with Gasteiger partial charge in [-0.3, -0.25) is 4.79 Å². The van der Waals surface area contributed by atoms with Gasteiger partial charge in [-0.05, 0) is 52.3 Å². The maximum absolute atomic E-state index is 12.1. The fourth-order valence-corrected chi connectivity index (χ4v) is 2.26. The highest BCUT2D eigenvalue weighted by Crippen LogP contribution is 2.27. The number of hydrogen-bond donors (Lipinski definition) is 1. The van der Waals surface area contributed by atoms with Crippen molar-refractivity contribution in [3.05, 3.63) is 61.5 Å². The molecule has 1 amide bonds. The highest BCUT2D eigenvalue weighted by atomic mass is 79.9. The Hall–Kier alpha value is -0.740. The molecule has 6 heteroatoms. The summed E-state index contributed by atoms with van der Waals surface area (Å²) in [6.45, 7) is 0. The molecule has 2 rings (SSSR count). The Balaban J connectivity index is 2.25. The molecule has 0 bridgehead atoms. The molecule has 98 valence electrons. The van der Waals surface area contributed by atoms with Crippen LogP contribution in [0, 0.1) is 0 Å². The van der Waals surface area contributed by atoms with Crippen LogP contribution in [0.2, 0.25) is 15.1 Å². The van der Waals surface area contributed by atoms with Crippen molar-refractivity contribution in [2.75, 3.05) is 5.32 Å². The van der Waals surface area contributed by atoms with Crippen LogP contribution in [0.5, 0.6) is 0 Å². The molecule has 2 aromatic rings. The largest absolute Gasteiger partial charge is 0.321 e. The second kappa shape index (κ2) is 6.14. The van der Waals surface area contributed by atoms with Crippen LogP contribution >= 0.6 is 50.7 Å². The van der Waals surface area contributed by atoms with E-state index in [2.05, 4.69) is 21.2 Å². The Labute approximate surface area is 133 Å². The molecule has 0 unspecified atom stereocenters. The third kappa shape index (κ3) is 3.63. The lowest BCUT2D eigenvalue weighted by molar-refractivity contribution is 0.102. The molecule has 19 heavy (non-hydrogen) atoms. The summed E-state index contributed by atoms with van der Waals surface area (Å²) in [5, 5.41) is 4.15. The second-order valence-electron chi connectivity index (χ2n) is 3.71. The van der Waals surface area contributed by atoms with Crippen molar-refractivity contribution in [2.45, 2.75) is 0 Å². The van der Waals surface area contributed by atoms with Crippen molar-refractivity contribution in [1.29, 1.82) is 0 Å². The predicted octanol–water partition coefficient (Wildman–Crippen LogP) is 5.66. The zero-order valence-electron chi connectivity index (χ0n) is 9.38. The number of carbonyl (C=O) groups excluding carboxylic acids is 1. The van der Waals surface area contributed by atoms with Crippen molar-refractivity contribution in [1.82, 2.24) is 0 Å². The number of halogens is 4. The average molecular weight is 379 g/mol. The first-order valence-corrected chi connectivity index (χ1v) is 7.11. The number of rotatable bonds is 2. The first-order valence-electron chi connectivity index (χ1n) is 5.19. The van der Waals surface area contributed by atoms with Crippen LogP contribution in [0.1, 0.15) is 10.4 Å². The summed E-state index contributed by atoms with van der Waals surface area (Å²) in [5.41, 5.74) is 0.928. The minimum absolute atomic E-state index is 0.290. The Kier molecular flexibility index (Phi) is 4.74. The Morgan fingerprint density at radius 2 is 1.68 bits per heavy atom. The molecule has 0 atom stereocenters. The van der Waals surface area contributed by atoms with Crippen molar-refractivity contribution in [3.8, 4) is 0 Å². The van der Waals surface area contributed by atoms with Gasteiger partial charge in [0.15, 0.2) is 0 Å². The maximum atomic E-state index is 12.1. The summed E-state index contributed by atoms with van der Waals surface area (Å²) in [6, 6.07) is 9.76. The maximum Gasteiger partial charge on any atom is 0.255 e. The predicted molar refractivity (Wildman–Crippen MR) is 83.6 cm³/mol. The van der Waals surface area contributed by atoms with Crippen LogP contribution in [0.4, 0.5) is 5.69 Å². The number of hydrogen-bond acceptors (Lipinski definition) is 1. The van der Waals surface area contributed by atoms with Gasteiger partial charge < -0.3 is 5.32 Å². The van der Waals surface area contributed by atoms with E-state index in [4.69, 9.17) is 34.8 Å². The zero-order chi connectivity index (χ0) is 14.0. The summed E-state index contributed by atoms with van der Waals surface area (Å²) >= 11 is 21.0. The topological polar surface area (TPSA) is 29.1 Å². The van der Waals surface area contributed by atoms with Crippen LogP contribution in [0.15, 0.2) is 40.9 Å². The molecule has 0 aromatic heterocycles. The Morgan fingerprint density at radius 3 is 2.37 bits per heavy atom. The Morgan fingerprint density at radius 1 is 1.00 bits per heavy atom. The van der Waals surface area contributed by atoms with Crippen molar-refractivity contribution < 1.29 is 4.79 Å². The molecule has 0 spiro atoms. The molecule has 0 fully saturated rings. The molecule has 2 nitrogen and oxygen atoms in total. The van der Waals surface area contributed by atoms with Gasteiger partial charge in [0.1, 0.15) is 0 Å². The van der Waals surface area contributed by atoms with E-state index in [0.29, 0.717) is 30.8 Å². The van der Waals surface area contributed by atoms with Gasteiger partial charge in [0, 0.05) is 15.1 Å². The number of anilines is 1. The van der Waals surface area contributed by atoms with Crippen LogP contribution in [0.3, 0.4) is 0 Å². The zero-order valence-corrected chi connectivity index (χ0v) is 13.2. The highest BCUT2D eigenvalue weighted by molar-refractivity contribution is 9.10. The number of nitrogens with one attached hydrogen (secondary N) is 1. The monoisotopic (exact) mass is 377 g/mol. The number of carbonyl (C=O) groups is 1. The lowest BCUT2D eigenvalue weighted by atomic mass is 10.2. The Bertz CT molecular complexity index is 646. The van der Waals surface area contributed by atoms with E-state index in [1.807, 2.05) is 0 Å². The van der Waals surface area contributed by atoms with Crippen molar-refractivity contribution >= 4 is 62.3 Å². The fraction of sp³-hybridized carbons (Fsp3) is 0. The summed E-state index contributed by atoms with van der Waals surface area (Å²) in [6.07, 6.45) is 0. The van der Waals surface area contributed by atoms with Gasteiger partial charge in [-0.1, -0.05) is 34.8 Å². The van der Waals surface area contributed by atoms with Crippen LogP contribution in [-0.2, 0) is 0 Å². The molecule has 0 saturated heterocycles. The third-order valence-corrected chi connectivity index (χ3v) is 4.14. The van der Waals surface area contributed by atoms with E-state index in [9.17, 15) is 4.79 Å². The van der Waals surface area contributed by atoms with E-state index in [1.54, 1.807) is 36.4 Å². The SMILES string of the molecule is O=C(Nc1cc(Cl)ccc1Cl)c1ccc(Cl)c(Br)c1. The van der Waals surface area contributed by atoms with E-state index < -0.39 is 0 Å². The smallest absolute Gasteiger partial charge is 0.255 e. The van der Waals surface area contributed by atoms with Gasteiger partial charge in [-0.25, -0.2) is 0 Å². The van der Waals surface area contributed by atoms with Gasteiger partial charge in [0.05, 0.1) is 15.7 Å². The molecule has 0 radical (unpaired) electrons. The molecular formula is C13H7BrCl3NO. The summed E-state index contributed by atoms with van der Waals surface area (Å²) < 4.78 is 0.652. The average Bonchev–Trinajstić information content (AvgIpc) is 2.37. The minimum atomic E-state index is -0.290. The number of amides is 1. The standard InChI is InChI=1S/C13H7BrCl3NO/c14-9-5-7(1-3-10(9)16)13(19)18-12-6-8(15)2-4-11(12)17/h1-6H,(H,18,19). The van der Waals surface area contributed by atoms with E-state index in [0.717, 1.165) is 0 Å². The number of benzene rings is 2. The van der Waals surface area contributed by atoms with Gasteiger partial charge in [0.25, 0.3) is 5.91 Å². The molecule has 0 aliphatic carbocycles. The van der Waals surface area contributed by atoms with Gasteiger partial charge in [-0.15, -0.1) is 0 Å². The van der Waals surface area contributed by atoms with E-state index in [1.165, 1.54) is 0 Å². The van der Waals surface area contributed by atoms with Gasteiger partial charge >= 0.3 is 0 Å². The molecule has 0 aliphatic heterocycles. The molecule has 1 N–H and O–H groups in total. The normalized spacial score (nSPS) is 10.3. The molecule has 0 aliphatic rings. The first-order chi connectivity index (χ1) is 8.97. The quantitative estimate of drug-likeness (QED) is 0.716. The summed E-state index contributed by atoms with van der Waals surface area (Å²) in [4.78, 5) is 12.1. The van der Waals surface area contributed by atoms with E-state index >= 15 is 0 Å². The summed E-state index contributed by atoms with van der Waals surface area (Å²) in [7, 11) is 0. The first kappa shape index (κ1) is 14.7. The molecule has 0 heterocycles. The second-order valence-corrected chi connectivity index (χ2v) is 5.81.